The first-order valence-corrected chi connectivity index (χ1v) is 11.1. The Kier molecular flexibility index (Phi) is 5.92. The Hall–Kier alpha value is -2.64. The minimum Gasteiger partial charge on any atom is -0.362 e. The first-order chi connectivity index (χ1) is 14.4. The first-order valence-electron chi connectivity index (χ1n) is 11.1. The van der Waals surface area contributed by atoms with Crippen molar-refractivity contribution in [2.75, 3.05) is 24.3 Å². The number of rotatable bonds is 5. The largest absolute Gasteiger partial charge is 0.362 e. The summed E-state index contributed by atoms with van der Waals surface area (Å²) < 4.78 is 1.65. The molecule has 2 aromatic heterocycles. The van der Waals surface area contributed by atoms with Gasteiger partial charge in [0, 0.05) is 38.8 Å². The number of carbonyl (C=O) groups is 1. The van der Waals surface area contributed by atoms with E-state index in [1.54, 1.807) is 4.68 Å². The SMILES string of the molecule is Cc1cc(C(=O)N[C@H]2CC[C@@H](Nc3nc4c(c(N(C)C)n3)CCCC4)CC2)n(C)n1. The Morgan fingerprint density at radius 3 is 2.47 bits per heavy atom. The summed E-state index contributed by atoms with van der Waals surface area (Å²) in [6.07, 6.45) is 8.43. The lowest BCUT2D eigenvalue weighted by Crippen LogP contribution is -2.41. The van der Waals surface area contributed by atoms with E-state index in [-0.39, 0.29) is 11.9 Å². The van der Waals surface area contributed by atoms with E-state index in [4.69, 9.17) is 9.97 Å². The summed E-state index contributed by atoms with van der Waals surface area (Å²) in [5.74, 6) is 1.76. The normalized spacial score (nSPS) is 21.1. The molecule has 2 heterocycles. The number of fused-ring (bicyclic) bond motifs is 1. The zero-order valence-electron chi connectivity index (χ0n) is 18.5. The van der Waals surface area contributed by atoms with Gasteiger partial charge in [-0.05, 0) is 64.4 Å². The van der Waals surface area contributed by atoms with Crippen LogP contribution < -0.4 is 15.5 Å². The average molecular weight is 412 g/mol. The van der Waals surface area contributed by atoms with Gasteiger partial charge in [0.1, 0.15) is 11.5 Å². The van der Waals surface area contributed by atoms with E-state index in [2.05, 4.69) is 34.7 Å². The molecule has 0 aromatic carbocycles. The van der Waals surface area contributed by atoms with E-state index in [1.807, 2.05) is 20.0 Å². The Balaban J connectivity index is 1.35. The summed E-state index contributed by atoms with van der Waals surface area (Å²) in [7, 11) is 5.92. The summed E-state index contributed by atoms with van der Waals surface area (Å²) in [5, 5.41) is 11.0. The Bertz CT molecular complexity index is 912. The molecule has 2 aromatic rings. The maximum atomic E-state index is 12.5. The predicted octanol–water partition coefficient (Wildman–Crippen LogP) is 2.62. The van der Waals surface area contributed by atoms with Crippen LogP contribution in [-0.2, 0) is 19.9 Å². The summed E-state index contributed by atoms with van der Waals surface area (Å²) >= 11 is 0. The van der Waals surface area contributed by atoms with Crippen molar-refractivity contribution in [3.05, 3.63) is 28.7 Å². The van der Waals surface area contributed by atoms with E-state index in [0.29, 0.717) is 11.7 Å². The minimum absolute atomic E-state index is 0.0387. The second-order valence-corrected chi connectivity index (χ2v) is 8.86. The number of hydrogen-bond donors (Lipinski definition) is 2. The molecule has 0 saturated heterocycles. The highest BCUT2D eigenvalue weighted by Crippen LogP contribution is 2.29. The molecule has 30 heavy (non-hydrogen) atoms. The predicted molar refractivity (Wildman–Crippen MR) is 118 cm³/mol. The highest BCUT2D eigenvalue weighted by molar-refractivity contribution is 5.92. The van der Waals surface area contributed by atoms with Gasteiger partial charge in [-0.3, -0.25) is 9.48 Å². The van der Waals surface area contributed by atoms with E-state index in [0.717, 1.165) is 56.0 Å². The molecule has 0 aliphatic heterocycles. The van der Waals surface area contributed by atoms with Gasteiger partial charge in [0.25, 0.3) is 5.91 Å². The number of aryl methyl sites for hydroxylation is 3. The lowest BCUT2D eigenvalue weighted by molar-refractivity contribution is 0.0917. The zero-order valence-corrected chi connectivity index (χ0v) is 18.5. The van der Waals surface area contributed by atoms with E-state index < -0.39 is 0 Å². The topological polar surface area (TPSA) is 88.0 Å². The van der Waals surface area contributed by atoms with E-state index >= 15 is 0 Å². The van der Waals surface area contributed by atoms with Gasteiger partial charge >= 0.3 is 0 Å². The fourth-order valence-electron chi connectivity index (χ4n) is 4.66. The summed E-state index contributed by atoms with van der Waals surface area (Å²) in [6.45, 7) is 1.90. The Morgan fingerprint density at radius 2 is 1.80 bits per heavy atom. The van der Waals surface area contributed by atoms with Gasteiger partial charge in [-0.15, -0.1) is 0 Å². The van der Waals surface area contributed by atoms with Gasteiger partial charge in [0.15, 0.2) is 0 Å². The number of nitrogens with zero attached hydrogens (tertiary/aromatic N) is 5. The van der Waals surface area contributed by atoms with Crippen molar-refractivity contribution < 1.29 is 4.79 Å². The number of anilines is 2. The molecule has 0 spiro atoms. The molecule has 8 nitrogen and oxygen atoms in total. The number of carbonyl (C=O) groups excluding carboxylic acids is 1. The number of hydrogen-bond acceptors (Lipinski definition) is 6. The van der Waals surface area contributed by atoms with Gasteiger partial charge in [0.2, 0.25) is 5.95 Å². The molecule has 1 fully saturated rings. The molecule has 1 saturated carbocycles. The molecule has 162 valence electrons. The van der Waals surface area contributed by atoms with Crippen molar-refractivity contribution in [2.45, 2.75) is 70.4 Å². The molecule has 0 radical (unpaired) electrons. The number of amides is 1. The monoisotopic (exact) mass is 411 g/mol. The summed E-state index contributed by atoms with van der Waals surface area (Å²) in [4.78, 5) is 24.3. The third kappa shape index (κ3) is 4.42. The Morgan fingerprint density at radius 1 is 1.10 bits per heavy atom. The molecule has 2 N–H and O–H groups in total. The van der Waals surface area contributed by atoms with Crippen LogP contribution in [0.5, 0.6) is 0 Å². The van der Waals surface area contributed by atoms with Gasteiger partial charge in [0.05, 0.1) is 11.4 Å². The summed E-state index contributed by atoms with van der Waals surface area (Å²) in [6, 6.07) is 2.37. The van der Waals surface area contributed by atoms with Crippen molar-refractivity contribution in [3.8, 4) is 0 Å². The molecule has 0 atom stereocenters. The molecule has 0 unspecified atom stereocenters. The van der Waals surface area contributed by atoms with Gasteiger partial charge in [-0.25, -0.2) is 4.98 Å². The van der Waals surface area contributed by atoms with Crippen LogP contribution in [0.25, 0.3) is 0 Å². The minimum atomic E-state index is -0.0387. The van der Waals surface area contributed by atoms with Gasteiger partial charge in [-0.2, -0.15) is 10.1 Å². The quantitative estimate of drug-likeness (QED) is 0.786. The highest BCUT2D eigenvalue weighted by atomic mass is 16.2. The van der Waals surface area contributed by atoms with Crippen LogP contribution in [0.15, 0.2) is 6.07 Å². The standard InChI is InChI=1S/C22H33N7O/c1-14-13-19(29(4)27-14)21(30)23-15-9-11-16(12-10-15)24-22-25-18-8-6-5-7-17(18)20(26-22)28(2)3/h13,15-16H,5-12H2,1-4H3,(H,23,30)(H,24,25,26)/t15-,16+. The third-order valence-electron chi connectivity index (χ3n) is 6.22. The fourth-order valence-corrected chi connectivity index (χ4v) is 4.66. The smallest absolute Gasteiger partial charge is 0.269 e. The van der Waals surface area contributed by atoms with Crippen LogP contribution in [0.3, 0.4) is 0 Å². The molecule has 0 bridgehead atoms. The van der Waals surface area contributed by atoms with Crippen LogP contribution in [0.2, 0.25) is 0 Å². The van der Waals surface area contributed by atoms with Gasteiger partial charge in [-0.1, -0.05) is 0 Å². The van der Waals surface area contributed by atoms with Crippen molar-refractivity contribution in [1.82, 2.24) is 25.1 Å². The van der Waals surface area contributed by atoms with E-state index in [1.165, 1.54) is 24.1 Å². The van der Waals surface area contributed by atoms with Crippen molar-refractivity contribution in [1.29, 1.82) is 0 Å². The van der Waals surface area contributed by atoms with Crippen LogP contribution in [0.1, 0.15) is 66.0 Å². The highest BCUT2D eigenvalue weighted by Gasteiger charge is 2.25. The Labute approximate surface area is 178 Å². The van der Waals surface area contributed by atoms with Crippen LogP contribution in [0.4, 0.5) is 11.8 Å². The van der Waals surface area contributed by atoms with Crippen molar-refractivity contribution >= 4 is 17.7 Å². The van der Waals surface area contributed by atoms with Crippen molar-refractivity contribution in [3.63, 3.8) is 0 Å². The second-order valence-electron chi connectivity index (χ2n) is 8.86. The molecule has 1 amide bonds. The van der Waals surface area contributed by atoms with Gasteiger partial charge < -0.3 is 15.5 Å². The molecule has 8 heteroatoms. The molecule has 2 aliphatic carbocycles. The molecule has 2 aliphatic rings. The lowest BCUT2D eigenvalue weighted by atomic mass is 9.91. The third-order valence-corrected chi connectivity index (χ3v) is 6.22. The maximum Gasteiger partial charge on any atom is 0.269 e. The van der Waals surface area contributed by atoms with E-state index in [9.17, 15) is 4.79 Å². The fraction of sp³-hybridized carbons (Fsp3) is 0.636. The zero-order chi connectivity index (χ0) is 21.3. The summed E-state index contributed by atoms with van der Waals surface area (Å²) in [5.41, 5.74) is 3.99. The first kappa shape index (κ1) is 20.6. The molecular formula is C22H33N7O. The molecular weight excluding hydrogens is 378 g/mol. The average Bonchev–Trinajstić information content (AvgIpc) is 3.07. The van der Waals surface area contributed by atoms with Crippen LogP contribution in [-0.4, -0.2) is 51.8 Å². The number of nitrogens with one attached hydrogen (secondary N) is 2. The van der Waals surface area contributed by atoms with Crippen LogP contribution in [0, 0.1) is 6.92 Å². The van der Waals surface area contributed by atoms with Crippen LogP contribution >= 0.6 is 0 Å². The second kappa shape index (κ2) is 8.62. The number of aromatic nitrogens is 4. The lowest BCUT2D eigenvalue weighted by Gasteiger charge is -2.30. The maximum absolute atomic E-state index is 12.5. The van der Waals surface area contributed by atoms with Crippen molar-refractivity contribution in [2.24, 2.45) is 7.05 Å². The molecule has 4 rings (SSSR count).